The maximum atomic E-state index is 10.8. The van der Waals surface area contributed by atoms with E-state index in [1.807, 2.05) is 0 Å². The molecule has 0 saturated carbocycles. The van der Waals surface area contributed by atoms with Crippen LogP contribution in [0, 0.1) is 0 Å². The van der Waals surface area contributed by atoms with Crippen LogP contribution in [0.5, 0.6) is 0 Å². The number of H-pyrrole nitrogens is 1. The molecule has 4 N–H and O–H groups in total. The maximum Gasteiger partial charge on any atom is 0.352 e. The fourth-order valence-corrected chi connectivity index (χ4v) is 1.54. The zero-order chi connectivity index (χ0) is 12.4. The van der Waals surface area contributed by atoms with Gasteiger partial charge in [0, 0.05) is 17.0 Å². The summed E-state index contributed by atoms with van der Waals surface area (Å²) in [5, 5.41) is 9.63. The molecule has 2 aromatic rings. The van der Waals surface area contributed by atoms with E-state index in [2.05, 4.69) is 4.98 Å². The molecule has 1 aromatic carbocycles. The van der Waals surface area contributed by atoms with Gasteiger partial charge in [-0.15, -0.1) is 0 Å². The topological polar surface area (TPSA) is 96.2 Å². The Balaban J connectivity index is 2.43. The number of aromatic nitrogens is 1. The van der Waals surface area contributed by atoms with E-state index < -0.39 is 11.9 Å². The summed E-state index contributed by atoms with van der Waals surface area (Å²) in [6.07, 6.45) is 2.82. The quantitative estimate of drug-likeness (QED) is 0.694. The number of primary amides is 1. The number of hydrogen-bond donors (Lipinski definition) is 3. The summed E-state index contributed by atoms with van der Waals surface area (Å²) in [5.41, 5.74) is 6.60. The van der Waals surface area contributed by atoms with Crippen LogP contribution in [0.15, 0.2) is 30.3 Å². The Labute approximate surface area is 96.5 Å². The molecule has 0 spiro atoms. The minimum atomic E-state index is -1.00. The van der Waals surface area contributed by atoms with Gasteiger partial charge >= 0.3 is 5.97 Å². The van der Waals surface area contributed by atoms with Crippen LogP contribution in [0.2, 0.25) is 0 Å². The second kappa shape index (κ2) is 4.13. The highest BCUT2D eigenvalue weighted by Crippen LogP contribution is 2.18. The van der Waals surface area contributed by atoms with Crippen molar-refractivity contribution in [2.75, 3.05) is 0 Å². The molecule has 1 amide bonds. The Morgan fingerprint density at radius 2 is 2.06 bits per heavy atom. The predicted octanol–water partition coefficient (Wildman–Crippen LogP) is 1.36. The van der Waals surface area contributed by atoms with E-state index in [9.17, 15) is 9.59 Å². The maximum absolute atomic E-state index is 10.8. The fraction of sp³-hybridized carbons (Fsp3) is 0. The number of aromatic amines is 1. The number of amides is 1. The summed E-state index contributed by atoms with van der Waals surface area (Å²) in [6, 6.07) is 6.86. The average molecular weight is 230 g/mol. The van der Waals surface area contributed by atoms with Gasteiger partial charge in [-0.05, 0) is 23.8 Å². The number of carboxylic acids is 1. The number of carboxylic acid groups (broad SMARTS) is 1. The molecule has 0 aliphatic heterocycles. The number of fused-ring (bicyclic) bond motifs is 1. The van der Waals surface area contributed by atoms with Gasteiger partial charge in [0.15, 0.2) is 0 Å². The third-order valence-electron chi connectivity index (χ3n) is 2.32. The van der Waals surface area contributed by atoms with Gasteiger partial charge in [-0.1, -0.05) is 12.1 Å². The summed E-state index contributed by atoms with van der Waals surface area (Å²) in [4.78, 5) is 24.1. The SMILES string of the molecule is NC(=O)C=Cc1ccc2cc(C(=O)O)[nH]c2c1. The Morgan fingerprint density at radius 1 is 1.29 bits per heavy atom. The number of carbonyl (C=O) groups is 2. The van der Waals surface area contributed by atoms with Crippen molar-refractivity contribution in [3.05, 3.63) is 41.6 Å². The normalized spacial score (nSPS) is 11.1. The number of nitrogens with two attached hydrogens (primary N) is 1. The molecule has 17 heavy (non-hydrogen) atoms. The molecule has 2 rings (SSSR count). The molecule has 0 aliphatic rings. The van der Waals surface area contributed by atoms with Crippen molar-refractivity contribution < 1.29 is 14.7 Å². The van der Waals surface area contributed by atoms with Gasteiger partial charge < -0.3 is 15.8 Å². The second-order valence-electron chi connectivity index (χ2n) is 3.57. The Morgan fingerprint density at radius 3 is 2.71 bits per heavy atom. The molecule has 0 unspecified atom stereocenters. The van der Waals surface area contributed by atoms with Gasteiger partial charge in [0.2, 0.25) is 5.91 Å². The van der Waals surface area contributed by atoms with Gasteiger partial charge in [-0.25, -0.2) is 4.79 Å². The molecule has 0 atom stereocenters. The van der Waals surface area contributed by atoms with Crippen molar-refractivity contribution >= 4 is 28.9 Å². The fourth-order valence-electron chi connectivity index (χ4n) is 1.54. The van der Waals surface area contributed by atoms with Crippen molar-refractivity contribution in [1.82, 2.24) is 4.98 Å². The number of hydrogen-bond acceptors (Lipinski definition) is 2. The molecule has 0 aliphatic carbocycles. The highest BCUT2D eigenvalue weighted by Gasteiger charge is 2.06. The molecule has 0 fully saturated rings. The van der Waals surface area contributed by atoms with Crippen LogP contribution in [0.25, 0.3) is 17.0 Å². The number of benzene rings is 1. The molecule has 5 heteroatoms. The molecule has 86 valence electrons. The van der Waals surface area contributed by atoms with Crippen LogP contribution in [0.1, 0.15) is 16.1 Å². The van der Waals surface area contributed by atoms with Gasteiger partial charge in [-0.3, -0.25) is 4.79 Å². The van der Waals surface area contributed by atoms with Crippen molar-refractivity contribution in [2.45, 2.75) is 0 Å². The second-order valence-corrected chi connectivity index (χ2v) is 3.57. The Hall–Kier alpha value is -2.56. The molecule has 0 bridgehead atoms. The average Bonchev–Trinajstić information content (AvgIpc) is 2.69. The van der Waals surface area contributed by atoms with Crippen LogP contribution < -0.4 is 5.73 Å². The predicted molar refractivity (Wildman–Crippen MR) is 63.5 cm³/mol. The Kier molecular flexibility index (Phi) is 2.66. The zero-order valence-corrected chi connectivity index (χ0v) is 8.81. The molecule has 0 radical (unpaired) electrons. The highest BCUT2D eigenvalue weighted by atomic mass is 16.4. The lowest BCUT2D eigenvalue weighted by atomic mass is 10.1. The lowest BCUT2D eigenvalue weighted by Crippen LogP contribution is -2.04. The van der Waals surface area contributed by atoms with E-state index in [-0.39, 0.29) is 5.69 Å². The van der Waals surface area contributed by atoms with Crippen molar-refractivity contribution in [2.24, 2.45) is 5.73 Å². The Bertz CT molecular complexity index is 626. The van der Waals surface area contributed by atoms with Crippen LogP contribution >= 0.6 is 0 Å². The number of carbonyl (C=O) groups excluding carboxylic acids is 1. The minimum Gasteiger partial charge on any atom is -0.477 e. The minimum absolute atomic E-state index is 0.135. The van der Waals surface area contributed by atoms with E-state index >= 15 is 0 Å². The van der Waals surface area contributed by atoms with Gasteiger partial charge in [0.25, 0.3) is 0 Å². The van der Waals surface area contributed by atoms with Crippen LogP contribution in [-0.4, -0.2) is 22.0 Å². The van der Waals surface area contributed by atoms with Gasteiger partial charge in [0.1, 0.15) is 5.69 Å². The van der Waals surface area contributed by atoms with Crippen LogP contribution in [0.4, 0.5) is 0 Å². The summed E-state index contributed by atoms with van der Waals surface area (Å²) >= 11 is 0. The van der Waals surface area contributed by atoms with E-state index in [0.29, 0.717) is 5.52 Å². The van der Waals surface area contributed by atoms with Crippen molar-refractivity contribution in [3.63, 3.8) is 0 Å². The first-order chi connectivity index (χ1) is 8.06. The highest BCUT2D eigenvalue weighted by molar-refractivity contribution is 5.95. The third kappa shape index (κ3) is 2.34. The first-order valence-electron chi connectivity index (χ1n) is 4.90. The number of nitrogens with one attached hydrogen (secondary N) is 1. The largest absolute Gasteiger partial charge is 0.477 e. The molecule has 1 heterocycles. The first-order valence-corrected chi connectivity index (χ1v) is 4.90. The number of aromatic carboxylic acids is 1. The standard InChI is InChI=1S/C12H10N2O3/c13-11(15)4-2-7-1-3-8-6-10(12(16)17)14-9(8)5-7/h1-6,14H,(H2,13,15)(H,16,17). The summed E-state index contributed by atoms with van der Waals surface area (Å²) < 4.78 is 0. The lowest BCUT2D eigenvalue weighted by Gasteiger charge is -1.93. The van der Waals surface area contributed by atoms with E-state index in [1.54, 1.807) is 30.3 Å². The van der Waals surface area contributed by atoms with E-state index in [1.165, 1.54) is 6.08 Å². The van der Waals surface area contributed by atoms with Crippen molar-refractivity contribution in [3.8, 4) is 0 Å². The molecule has 0 saturated heterocycles. The van der Waals surface area contributed by atoms with Crippen LogP contribution in [0.3, 0.4) is 0 Å². The number of rotatable bonds is 3. The first kappa shape index (κ1) is 10.9. The van der Waals surface area contributed by atoms with Crippen LogP contribution in [-0.2, 0) is 4.79 Å². The van der Waals surface area contributed by atoms with Crippen molar-refractivity contribution in [1.29, 1.82) is 0 Å². The van der Waals surface area contributed by atoms with E-state index in [0.717, 1.165) is 10.9 Å². The molecule has 1 aromatic heterocycles. The molecular weight excluding hydrogens is 220 g/mol. The smallest absolute Gasteiger partial charge is 0.352 e. The molecular formula is C12H10N2O3. The third-order valence-corrected chi connectivity index (χ3v) is 2.32. The van der Waals surface area contributed by atoms with Gasteiger partial charge in [0.05, 0.1) is 0 Å². The summed E-state index contributed by atoms with van der Waals surface area (Å²) in [5.74, 6) is -1.53. The zero-order valence-electron chi connectivity index (χ0n) is 8.81. The monoisotopic (exact) mass is 230 g/mol. The van der Waals surface area contributed by atoms with E-state index in [4.69, 9.17) is 10.8 Å². The van der Waals surface area contributed by atoms with Gasteiger partial charge in [-0.2, -0.15) is 0 Å². The summed E-state index contributed by atoms with van der Waals surface area (Å²) in [6.45, 7) is 0. The molecule has 5 nitrogen and oxygen atoms in total. The summed E-state index contributed by atoms with van der Waals surface area (Å²) in [7, 11) is 0. The lowest BCUT2D eigenvalue weighted by molar-refractivity contribution is -0.113.